The molecule has 1 heterocycles. The minimum absolute atomic E-state index is 0.951. The Morgan fingerprint density at radius 2 is 2.20 bits per heavy atom. The van der Waals surface area contributed by atoms with Crippen molar-refractivity contribution in [1.29, 1.82) is 0 Å². The van der Waals surface area contributed by atoms with Crippen LogP contribution >= 0.6 is 0 Å². The van der Waals surface area contributed by atoms with Crippen molar-refractivity contribution in [3.8, 4) is 0 Å². The predicted molar refractivity (Wildman–Crippen MR) is 36.4 cm³/mol. The average molecular weight is 139 g/mol. The second kappa shape index (κ2) is 2.64. The van der Waals surface area contributed by atoms with Gasteiger partial charge in [0.1, 0.15) is 12.8 Å². The molecule has 1 aromatic heterocycles. The first-order valence-corrected chi connectivity index (χ1v) is 3.13. The number of nitrogens with zero attached hydrogens (tertiary/aromatic N) is 2. The van der Waals surface area contributed by atoms with Crippen LogP contribution < -0.4 is 9.57 Å². The van der Waals surface area contributed by atoms with E-state index in [9.17, 15) is 0 Å². The summed E-state index contributed by atoms with van der Waals surface area (Å²) in [6.45, 7) is 3.87. The second-order valence-electron chi connectivity index (χ2n) is 2.18. The standard InChI is InChI=1S/C7H11N2O/c1-6-5-9(10-3)7(2)4-8-6/h4-5H,1-3H3/q+1. The number of aromatic nitrogens is 2. The molecule has 0 aromatic carbocycles. The van der Waals surface area contributed by atoms with Crippen LogP contribution in [0.5, 0.6) is 0 Å². The SMILES string of the molecule is CO[n+]1cc(C)ncc1C. The van der Waals surface area contributed by atoms with Crippen molar-refractivity contribution < 1.29 is 9.57 Å². The van der Waals surface area contributed by atoms with Crippen molar-refractivity contribution in [3.05, 3.63) is 23.8 Å². The van der Waals surface area contributed by atoms with E-state index in [1.54, 1.807) is 18.0 Å². The molecule has 0 N–H and O–H groups in total. The Bertz CT molecular complexity index is 235. The smallest absolute Gasteiger partial charge is 0.249 e. The number of hydrogen-bond acceptors (Lipinski definition) is 2. The maximum absolute atomic E-state index is 5.00. The van der Waals surface area contributed by atoms with Crippen molar-refractivity contribution in [2.24, 2.45) is 0 Å². The van der Waals surface area contributed by atoms with Gasteiger partial charge in [-0.1, -0.05) is 0 Å². The van der Waals surface area contributed by atoms with Crippen molar-refractivity contribution in [2.75, 3.05) is 7.11 Å². The molecule has 0 unspecified atom stereocenters. The van der Waals surface area contributed by atoms with Gasteiger partial charge in [0, 0.05) is 11.7 Å². The molecule has 0 aliphatic carbocycles. The molecule has 54 valence electrons. The summed E-state index contributed by atoms with van der Waals surface area (Å²) in [6.07, 6.45) is 3.62. The Morgan fingerprint density at radius 3 is 2.70 bits per heavy atom. The lowest BCUT2D eigenvalue weighted by Crippen LogP contribution is -2.43. The fraction of sp³-hybridized carbons (Fsp3) is 0.429. The third-order valence-corrected chi connectivity index (χ3v) is 1.30. The molecule has 0 radical (unpaired) electrons. The molecule has 1 rings (SSSR count). The van der Waals surface area contributed by atoms with Gasteiger partial charge < -0.3 is 0 Å². The summed E-state index contributed by atoms with van der Waals surface area (Å²) in [6, 6.07) is 0. The molecule has 0 saturated heterocycles. The lowest BCUT2D eigenvalue weighted by molar-refractivity contribution is -0.890. The highest BCUT2D eigenvalue weighted by Gasteiger charge is 2.05. The van der Waals surface area contributed by atoms with Gasteiger partial charge in [-0.2, -0.15) is 0 Å². The van der Waals surface area contributed by atoms with Crippen LogP contribution in [0.3, 0.4) is 0 Å². The summed E-state index contributed by atoms with van der Waals surface area (Å²) < 4.78 is 1.68. The van der Waals surface area contributed by atoms with Crippen LogP contribution in [0, 0.1) is 13.8 Å². The third-order valence-electron chi connectivity index (χ3n) is 1.30. The molecule has 0 bridgehead atoms. The van der Waals surface area contributed by atoms with Crippen molar-refractivity contribution in [1.82, 2.24) is 4.98 Å². The highest BCUT2D eigenvalue weighted by molar-refractivity contribution is 4.90. The number of hydrogen-bond donors (Lipinski definition) is 0. The van der Waals surface area contributed by atoms with Gasteiger partial charge in [0.05, 0.1) is 6.20 Å². The largest absolute Gasteiger partial charge is 0.274 e. The van der Waals surface area contributed by atoms with E-state index in [1.807, 2.05) is 20.0 Å². The highest BCUT2D eigenvalue weighted by Crippen LogP contribution is 1.86. The minimum Gasteiger partial charge on any atom is -0.274 e. The van der Waals surface area contributed by atoms with Crippen LogP contribution in [0.1, 0.15) is 11.4 Å². The number of rotatable bonds is 1. The predicted octanol–water partition coefficient (Wildman–Crippen LogP) is 0.0443. The van der Waals surface area contributed by atoms with E-state index in [1.165, 1.54) is 0 Å². The molecule has 0 amide bonds. The lowest BCUT2D eigenvalue weighted by atomic mass is 10.4. The molecule has 1 aromatic rings. The molecule has 3 nitrogen and oxygen atoms in total. The van der Waals surface area contributed by atoms with Gasteiger partial charge >= 0.3 is 0 Å². The fourth-order valence-corrected chi connectivity index (χ4v) is 0.754. The Morgan fingerprint density at radius 1 is 1.50 bits per heavy atom. The minimum atomic E-state index is 0.951. The molecule has 0 saturated carbocycles. The topological polar surface area (TPSA) is 26.0 Å². The summed E-state index contributed by atoms with van der Waals surface area (Å²) in [5.41, 5.74) is 1.94. The van der Waals surface area contributed by atoms with E-state index in [-0.39, 0.29) is 0 Å². The fourth-order valence-electron chi connectivity index (χ4n) is 0.754. The maximum atomic E-state index is 5.00. The summed E-state index contributed by atoms with van der Waals surface area (Å²) in [5.74, 6) is 0. The molecule has 3 heteroatoms. The zero-order valence-electron chi connectivity index (χ0n) is 6.46. The van der Waals surface area contributed by atoms with E-state index in [0.717, 1.165) is 11.4 Å². The molecule has 0 spiro atoms. The van der Waals surface area contributed by atoms with Crippen LogP contribution in [0.4, 0.5) is 0 Å². The Labute approximate surface area is 60.2 Å². The van der Waals surface area contributed by atoms with Crippen LogP contribution in [0.2, 0.25) is 0 Å². The van der Waals surface area contributed by atoms with Gasteiger partial charge in [-0.05, 0) is 6.92 Å². The molecule has 10 heavy (non-hydrogen) atoms. The van der Waals surface area contributed by atoms with Crippen LogP contribution in [0.15, 0.2) is 12.4 Å². The first-order chi connectivity index (χ1) is 4.74. The molecule has 0 atom stereocenters. The summed E-state index contributed by atoms with van der Waals surface area (Å²) in [5, 5.41) is 0. The average Bonchev–Trinajstić information content (AvgIpc) is 1.94. The Balaban J connectivity index is 3.09. The zero-order valence-corrected chi connectivity index (χ0v) is 6.46. The second-order valence-corrected chi connectivity index (χ2v) is 2.18. The van der Waals surface area contributed by atoms with E-state index in [0.29, 0.717) is 0 Å². The van der Waals surface area contributed by atoms with Crippen LogP contribution in [-0.4, -0.2) is 12.1 Å². The summed E-state index contributed by atoms with van der Waals surface area (Å²) in [7, 11) is 1.63. The van der Waals surface area contributed by atoms with Gasteiger partial charge in [0.2, 0.25) is 11.9 Å². The van der Waals surface area contributed by atoms with Crippen LogP contribution in [-0.2, 0) is 0 Å². The van der Waals surface area contributed by atoms with E-state index >= 15 is 0 Å². The maximum Gasteiger partial charge on any atom is 0.249 e. The zero-order chi connectivity index (χ0) is 7.56. The monoisotopic (exact) mass is 139 g/mol. The normalized spacial score (nSPS) is 9.50. The van der Waals surface area contributed by atoms with Gasteiger partial charge in [0.25, 0.3) is 0 Å². The summed E-state index contributed by atoms with van der Waals surface area (Å²) in [4.78, 5) is 9.09. The first-order valence-electron chi connectivity index (χ1n) is 3.13. The van der Waals surface area contributed by atoms with E-state index < -0.39 is 0 Å². The number of aryl methyl sites for hydroxylation is 2. The highest BCUT2D eigenvalue weighted by atomic mass is 16.6. The molecule has 0 fully saturated rings. The van der Waals surface area contributed by atoms with Crippen molar-refractivity contribution in [2.45, 2.75) is 13.8 Å². The molecule has 0 aliphatic rings. The van der Waals surface area contributed by atoms with Gasteiger partial charge in [-0.3, -0.25) is 4.84 Å². The molecule has 0 aliphatic heterocycles. The Hall–Kier alpha value is -1.12. The quantitative estimate of drug-likeness (QED) is 0.514. The van der Waals surface area contributed by atoms with E-state index in [4.69, 9.17) is 4.84 Å². The van der Waals surface area contributed by atoms with Gasteiger partial charge in [0.15, 0.2) is 0 Å². The Kier molecular flexibility index (Phi) is 1.85. The molecular weight excluding hydrogens is 128 g/mol. The third kappa shape index (κ3) is 1.23. The summed E-state index contributed by atoms with van der Waals surface area (Å²) >= 11 is 0. The molecular formula is C7H11N2O+. The lowest BCUT2D eigenvalue weighted by Gasteiger charge is -1.93. The van der Waals surface area contributed by atoms with E-state index in [2.05, 4.69) is 4.98 Å². The van der Waals surface area contributed by atoms with Gasteiger partial charge in [-0.15, -0.1) is 0 Å². The first kappa shape index (κ1) is 6.99. The van der Waals surface area contributed by atoms with Crippen molar-refractivity contribution >= 4 is 0 Å². The van der Waals surface area contributed by atoms with Crippen molar-refractivity contribution in [3.63, 3.8) is 0 Å². The van der Waals surface area contributed by atoms with Crippen LogP contribution in [0.25, 0.3) is 0 Å². The van der Waals surface area contributed by atoms with Gasteiger partial charge in [-0.25, -0.2) is 4.98 Å².